The molecule has 35 heavy (non-hydrogen) atoms. The van der Waals surface area contributed by atoms with Crippen LogP contribution in [0.25, 0.3) is 0 Å². The molecule has 0 aliphatic heterocycles. The molecular weight excluding hydrogens is 471 g/mol. The lowest BCUT2D eigenvalue weighted by Crippen LogP contribution is -2.54. The van der Waals surface area contributed by atoms with E-state index in [0.29, 0.717) is 6.42 Å². The summed E-state index contributed by atoms with van der Waals surface area (Å²) in [5, 5.41) is 2.84. The lowest BCUT2D eigenvalue weighted by Gasteiger charge is -2.34. The number of anilines is 1. The van der Waals surface area contributed by atoms with Crippen molar-refractivity contribution in [3.05, 3.63) is 65.5 Å². The van der Waals surface area contributed by atoms with Crippen LogP contribution in [0.2, 0.25) is 0 Å². The second kappa shape index (κ2) is 12.1. The first-order chi connectivity index (χ1) is 16.4. The standard InChI is InChI=1S/C25H35FN4O4S/c1-7-22(25(32)27-18(2)3)29(16-20-12-10-11-19(4)15-20)24(31)17-30(35(33,34)28(5)6)23-14-9-8-13-21(23)26/h8-15,18,22H,7,16-17H2,1-6H3,(H,27,32). The minimum absolute atomic E-state index is 0.0949. The molecule has 192 valence electrons. The van der Waals surface area contributed by atoms with Gasteiger partial charge < -0.3 is 10.2 Å². The number of carbonyl (C=O) groups excluding carboxylic acids is 2. The van der Waals surface area contributed by atoms with Gasteiger partial charge in [-0.15, -0.1) is 0 Å². The molecular formula is C25H35FN4O4S. The summed E-state index contributed by atoms with van der Waals surface area (Å²) in [6.45, 7) is 6.77. The predicted molar refractivity (Wildman–Crippen MR) is 135 cm³/mol. The molecule has 2 aromatic carbocycles. The average molecular weight is 507 g/mol. The van der Waals surface area contributed by atoms with Crippen LogP contribution in [0.1, 0.15) is 38.3 Å². The van der Waals surface area contributed by atoms with Gasteiger partial charge in [0.2, 0.25) is 11.8 Å². The van der Waals surface area contributed by atoms with Crippen LogP contribution >= 0.6 is 0 Å². The minimum Gasteiger partial charge on any atom is -0.352 e. The van der Waals surface area contributed by atoms with Crippen molar-refractivity contribution in [2.24, 2.45) is 0 Å². The van der Waals surface area contributed by atoms with Gasteiger partial charge in [-0.3, -0.25) is 9.59 Å². The minimum atomic E-state index is -4.22. The van der Waals surface area contributed by atoms with Crippen LogP contribution in [0.4, 0.5) is 10.1 Å². The highest BCUT2D eigenvalue weighted by Crippen LogP contribution is 2.24. The molecule has 0 aromatic heterocycles. The number of benzene rings is 2. The number of carbonyl (C=O) groups is 2. The maximum atomic E-state index is 14.7. The fraction of sp³-hybridized carbons (Fsp3) is 0.440. The summed E-state index contributed by atoms with van der Waals surface area (Å²) in [5.74, 6) is -1.73. The first kappa shape index (κ1) is 28.3. The zero-order valence-corrected chi connectivity index (χ0v) is 22.0. The normalized spacial score (nSPS) is 12.5. The molecule has 2 aromatic rings. The number of para-hydroxylation sites is 1. The van der Waals surface area contributed by atoms with E-state index in [1.807, 2.05) is 45.0 Å². The highest BCUT2D eigenvalue weighted by molar-refractivity contribution is 7.90. The van der Waals surface area contributed by atoms with Crippen molar-refractivity contribution < 1.29 is 22.4 Å². The van der Waals surface area contributed by atoms with Crippen molar-refractivity contribution in [1.29, 1.82) is 0 Å². The molecule has 0 aliphatic rings. The van der Waals surface area contributed by atoms with Crippen LogP contribution in [0.5, 0.6) is 0 Å². The third kappa shape index (κ3) is 7.25. The van der Waals surface area contributed by atoms with Crippen molar-refractivity contribution in [1.82, 2.24) is 14.5 Å². The Morgan fingerprint density at radius 1 is 1.06 bits per heavy atom. The summed E-state index contributed by atoms with van der Waals surface area (Å²) >= 11 is 0. The van der Waals surface area contributed by atoms with Crippen LogP contribution in [-0.4, -0.2) is 62.2 Å². The zero-order chi connectivity index (χ0) is 26.3. The number of amides is 2. The Morgan fingerprint density at radius 2 is 1.71 bits per heavy atom. The van der Waals surface area contributed by atoms with Crippen molar-refractivity contribution in [3.8, 4) is 0 Å². The molecule has 1 N–H and O–H groups in total. The largest absolute Gasteiger partial charge is 0.352 e. The molecule has 1 unspecified atom stereocenters. The van der Waals surface area contributed by atoms with Gasteiger partial charge in [0, 0.05) is 26.7 Å². The smallest absolute Gasteiger partial charge is 0.304 e. The van der Waals surface area contributed by atoms with Gasteiger partial charge in [0.1, 0.15) is 18.4 Å². The summed E-state index contributed by atoms with van der Waals surface area (Å²) in [6, 6.07) is 11.9. The number of nitrogens with one attached hydrogen (secondary N) is 1. The summed E-state index contributed by atoms with van der Waals surface area (Å²) in [7, 11) is -1.60. The van der Waals surface area contributed by atoms with Gasteiger partial charge in [0.05, 0.1) is 5.69 Å². The first-order valence-electron chi connectivity index (χ1n) is 11.5. The van der Waals surface area contributed by atoms with E-state index in [9.17, 15) is 22.4 Å². The molecule has 2 amide bonds. The van der Waals surface area contributed by atoms with Crippen LogP contribution in [-0.2, 0) is 26.3 Å². The molecule has 2 rings (SSSR count). The zero-order valence-electron chi connectivity index (χ0n) is 21.2. The van der Waals surface area contributed by atoms with E-state index >= 15 is 0 Å². The fourth-order valence-corrected chi connectivity index (χ4v) is 4.73. The van der Waals surface area contributed by atoms with Crippen LogP contribution in [0.3, 0.4) is 0 Å². The first-order valence-corrected chi connectivity index (χ1v) is 12.9. The van der Waals surface area contributed by atoms with Gasteiger partial charge in [-0.2, -0.15) is 12.7 Å². The molecule has 0 fully saturated rings. The molecule has 1 atom stereocenters. The van der Waals surface area contributed by atoms with Crippen molar-refractivity contribution in [3.63, 3.8) is 0 Å². The Morgan fingerprint density at radius 3 is 2.26 bits per heavy atom. The molecule has 0 heterocycles. The summed E-state index contributed by atoms with van der Waals surface area (Å²) < 4.78 is 42.5. The summed E-state index contributed by atoms with van der Waals surface area (Å²) in [6.07, 6.45) is 0.316. The van der Waals surface area contributed by atoms with Gasteiger partial charge in [0.15, 0.2) is 0 Å². The van der Waals surface area contributed by atoms with Gasteiger partial charge in [-0.25, -0.2) is 8.70 Å². The third-order valence-electron chi connectivity index (χ3n) is 5.39. The van der Waals surface area contributed by atoms with Gasteiger partial charge in [0.25, 0.3) is 0 Å². The molecule has 10 heteroatoms. The van der Waals surface area contributed by atoms with E-state index in [2.05, 4.69) is 5.32 Å². The second-order valence-corrected chi connectivity index (χ2v) is 10.9. The number of rotatable bonds is 11. The number of nitrogens with zero attached hydrogens (tertiary/aromatic N) is 3. The SMILES string of the molecule is CCC(C(=O)NC(C)C)N(Cc1cccc(C)c1)C(=O)CN(c1ccccc1F)S(=O)(=O)N(C)C. The average Bonchev–Trinajstić information content (AvgIpc) is 2.77. The molecule has 0 saturated carbocycles. The fourth-order valence-electron chi connectivity index (χ4n) is 3.66. The van der Waals surface area contributed by atoms with Crippen molar-refractivity contribution >= 4 is 27.7 Å². The Balaban J connectivity index is 2.53. The van der Waals surface area contributed by atoms with E-state index in [1.54, 1.807) is 6.92 Å². The highest BCUT2D eigenvalue weighted by Gasteiger charge is 2.34. The van der Waals surface area contributed by atoms with Crippen LogP contribution in [0, 0.1) is 12.7 Å². The molecule has 0 bridgehead atoms. The second-order valence-electron chi connectivity index (χ2n) is 8.85. The molecule has 0 saturated heterocycles. The Hall–Kier alpha value is -2.98. The monoisotopic (exact) mass is 506 g/mol. The van der Waals surface area contributed by atoms with Gasteiger partial charge in [-0.05, 0) is 44.9 Å². The highest BCUT2D eigenvalue weighted by atomic mass is 32.2. The van der Waals surface area contributed by atoms with E-state index in [-0.39, 0.29) is 24.2 Å². The molecule has 8 nitrogen and oxygen atoms in total. The van der Waals surface area contributed by atoms with E-state index in [4.69, 9.17) is 0 Å². The maximum Gasteiger partial charge on any atom is 0.304 e. The number of hydrogen-bond acceptors (Lipinski definition) is 4. The predicted octanol–water partition coefficient (Wildman–Crippen LogP) is 3.08. The summed E-state index contributed by atoms with van der Waals surface area (Å²) in [5.41, 5.74) is 1.53. The Labute approximate surface area is 207 Å². The third-order valence-corrected chi connectivity index (χ3v) is 7.20. The van der Waals surface area contributed by atoms with E-state index in [1.165, 1.54) is 37.2 Å². The van der Waals surface area contributed by atoms with Crippen LogP contribution in [0.15, 0.2) is 48.5 Å². The van der Waals surface area contributed by atoms with E-state index in [0.717, 1.165) is 25.8 Å². The van der Waals surface area contributed by atoms with Gasteiger partial charge >= 0.3 is 10.2 Å². The number of halogens is 1. The lowest BCUT2D eigenvalue weighted by molar-refractivity contribution is -0.140. The number of hydrogen-bond donors (Lipinski definition) is 1. The molecule has 0 aliphatic carbocycles. The topological polar surface area (TPSA) is 90.0 Å². The molecule has 0 spiro atoms. The van der Waals surface area contributed by atoms with Gasteiger partial charge in [-0.1, -0.05) is 48.9 Å². The quantitative estimate of drug-likeness (QED) is 0.507. The number of aryl methyl sites for hydroxylation is 1. The van der Waals surface area contributed by atoms with Crippen molar-refractivity contribution in [2.45, 2.75) is 52.7 Å². The Kier molecular flexibility index (Phi) is 9.79. The summed E-state index contributed by atoms with van der Waals surface area (Å²) in [4.78, 5) is 28.1. The van der Waals surface area contributed by atoms with Crippen LogP contribution < -0.4 is 9.62 Å². The lowest BCUT2D eigenvalue weighted by atomic mass is 10.1. The maximum absolute atomic E-state index is 14.7. The Bertz CT molecular complexity index is 1140. The van der Waals surface area contributed by atoms with E-state index < -0.39 is 34.5 Å². The molecule has 0 radical (unpaired) electrons. The van der Waals surface area contributed by atoms with Crippen molar-refractivity contribution in [2.75, 3.05) is 24.9 Å².